The highest BCUT2D eigenvalue weighted by Gasteiger charge is 2.30. The van der Waals surface area contributed by atoms with Gasteiger partial charge in [-0.1, -0.05) is 23.2 Å². The molecule has 1 atom stereocenters. The standard InChI is InChI=1S/C13H15BrClIN4O.C8H10BrIN2.C5H4ClIN2O/c1-6-8(11(14)20(17-6)5-7-3-4-7)10(21)9-12(15)19(2)18-13(9)16;1-5-7(10)8(9)12(11-5)4-6-2-3-6;1-9-4(6)3(2-10)5(7)8-9/h7,10,21H,3-5H2,1-2H3;6H,2-4H2,1H3;2H,1H3. The molecule has 2 saturated carbocycles. The number of carbonyl (C=O) groups excluding carboxylic acids is 1. The summed E-state index contributed by atoms with van der Waals surface area (Å²) in [6.07, 6.45) is 5.15. The molecule has 0 bridgehead atoms. The van der Waals surface area contributed by atoms with E-state index in [2.05, 4.69) is 109 Å². The van der Waals surface area contributed by atoms with Crippen molar-refractivity contribution in [3.8, 4) is 0 Å². The molecule has 0 aromatic carbocycles. The minimum absolute atomic E-state index is 0.388. The fourth-order valence-corrected chi connectivity index (χ4v) is 8.11. The lowest BCUT2D eigenvalue weighted by atomic mass is 10.1. The van der Waals surface area contributed by atoms with E-state index in [1.807, 2.05) is 34.2 Å². The van der Waals surface area contributed by atoms with E-state index in [0.29, 0.717) is 41.0 Å². The van der Waals surface area contributed by atoms with Crippen molar-refractivity contribution >= 4 is 129 Å². The number of aromatic nitrogens is 8. The average molecular weight is 1100 g/mol. The van der Waals surface area contributed by atoms with Crippen LogP contribution < -0.4 is 0 Å². The smallest absolute Gasteiger partial charge is 0.155 e. The van der Waals surface area contributed by atoms with Crippen LogP contribution in [0.4, 0.5) is 0 Å². The van der Waals surface area contributed by atoms with Crippen LogP contribution in [0.3, 0.4) is 0 Å². The first-order valence-corrected chi connectivity index (χ1v) is 18.8. The number of rotatable bonds is 7. The molecule has 6 rings (SSSR count). The van der Waals surface area contributed by atoms with Crippen LogP contribution in [0, 0.1) is 36.7 Å². The van der Waals surface area contributed by atoms with Gasteiger partial charge in [0.15, 0.2) is 6.29 Å². The highest BCUT2D eigenvalue weighted by molar-refractivity contribution is 14.1. The molecule has 0 spiro atoms. The molecule has 2 aliphatic rings. The van der Waals surface area contributed by atoms with Gasteiger partial charge in [0.2, 0.25) is 0 Å². The summed E-state index contributed by atoms with van der Waals surface area (Å²) in [6.45, 7) is 5.94. The number of halogens is 7. The van der Waals surface area contributed by atoms with Gasteiger partial charge in [-0.3, -0.25) is 23.5 Å². The molecule has 1 N–H and O–H groups in total. The molecular weight excluding hydrogens is 1070 g/mol. The van der Waals surface area contributed by atoms with Crippen molar-refractivity contribution in [1.29, 1.82) is 0 Å². The van der Waals surface area contributed by atoms with Crippen LogP contribution in [0.2, 0.25) is 10.3 Å². The molecule has 4 aromatic rings. The zero-order chi connectivity index (χ0) is 31.7. The molecule has 0 amide bonds. The minimum Gasteiger partial charge on any atom is -0.383 e. The number of hydrogen-bond acceptors (Lipinski definition) is 6. The van der Waals surface area contributed by atoms with E-state index in [0.717, 1.165) is 45.2 Å². The van der Waals surface area contributed by atoms with Crippen molar-refractivity contribution < 1.29 is 9.90 Å². The van der Waals surface area contributed by atoms with E-state index in [1.54, 1.807) is 18.8 Å². The molecule has 0 radical (unpaired) electrons. The first-order chi connectivity index (χ1) is 20.2. The Morgan fingerprint density at radius 3 is 1.70 bits per heavy atom. The van der Waals surface area contributed by atoms with Crippen LogP contribution >= 0.6 is 123 Å². The molecule has 2 fully saturated rings. The lowest BCUT2D eigenvalue weighted by molar-refractivity contribution is 0.112. The van der Waals surface area contributed by atoms with Crippen LogP contribution in [-0.4, -0.2) is 50.5 Å². The summed E-state index contributed by atoms with van der Waals surface area (Å²) in [7, 11) is 3.45. The van der Waals surface area contributed by atoms with Crippen molar-refractivity contribution in [1.82, 2.24) is 39.1 Å². The Balaban J connectivity index is 0.000000163. The van der Waals surface area contributed by atoms with Gasteiger partial charge in [0.1, 0.15) is 33.0 Å². The minimum atomic E-state index is -0.833. The summed E-state index contributed by atoms with van der Waals surface area (Å²) in [6, 6.07) is 0. The Morgan fingerprint density at radius 2 is 1.33 bits per heavy atom. The SMILES string of the molecule is Cc1nn(CC2CC2)c(Br)c1C(O)c1c(I)nn(C)c1Cl.Cc1nn(CC2CC2)c(Br)c1I.Cn1nc(I)c(C=O)c1Cl. The summed E-state index contributed by atoms with van der Waals surface area (Å²) in [5, 5.41) is 28.8. The van der Waals surface area contributed by atoms with Crippen LogP contribution in [0.15, 0.2) is 9.21 Å². The maximum atomic E-state index is 10.8. The Labute approximate surface area is 317 Å². The topological polar surface area (TPSA) is 109 Å². The molecular formula is C26H29Br2Cl2I3N8O2. The van der Waals surface area contributed by atoms with Gasteiger partial charge in [0.05, 0.1) is 26.1 Å². The number of nitrogens with zero attached hydrogens (tertiary/aromatic N) is 8. The third-order valence-electron chi connectivity index (χ3n) is 6.96. The van der Waals surface area contributed by atoms with Gasteiger partial charge in [0.25, 0.3) is 0 Å². The predicted octanol–water partition coefficient (Wildman–Crippen LogP) is 7.90. The first-order valence-electron chi connectivity index (χ1n) is 13.2. The summed E-state index contributed by atoms with van der Waals surface area (Å²) in [5.41, 5.74) is 3.80. The number of aliphatic hydroxyl groups is 1. The Morgan fingerprint density at radius 1 is 0.837 bits per heavy atom. The van der Waals surface area contributed by atoms with Gasteiger partial charge in [-0.15, -0.1) is 0 Å². The normalized spacial score (nSPS) is 15.1. The summed E-state index contributed by atoms with van der Waals surface area (Å²) in [4.78, 5) is 10.3. The average Bonchev–Trinajstić information content (AvgIpc) is 3.85. The largest absolute Gasteiger partial charge is 0.383 e. The third kappa shape index (κ3) is 8.77. The van der Waals surface area contributed by atoms with E-state index >= 15 is 0 Å². The number of aldehydes is 1. The molecule has 0 aliphatic heterocycles. The van der Waals surface area contributed by atoms with Gasteiger partial charge < -0.3 is 5.11 Å². The first kappa shape index (κ1) is 36.0. The maximum absolute atomic E-state index is 10.8. The van der Waals surface area contributed by atoms with Gasteiger partial charge in [-0.05, 0) is 151 Å². The molecule has 4 aromatic heterocycles. The van der Waals surface area contributed by atoms with E-state index in [-0.39, 0.29) is 0 Å². The van der Waals surface area contributed by atoms with Crippen molar-refractivity contribution in [3.63, 3.8) is 0 Å². The van der Waals surface area contributed by atoms with E-state index in [9.17, 15) is 9.90 Å². The molecule has 0 saturated heterocycles. The summed E-state index contributed by atoms with van der Waals surface area (Å²) >= 11 is 25.4. The van der Waals surface area contributed by atoms with Gasteiger partial charge in [0, 0.05) is 32.7 Å². The van der Waals surface area contributed by atoms with Crippen molar-refractivity contribution in [3.05, 3.63) is 58.6 Å². The maximum Gasteiger partial charge on any atom is 0.155 e. The third-order valence-corrected chi connectivity index (χ3v) is 13.1. The van der Waals surface area contributed by atoms with E-state index in [4.69, 9.17) is 23.2 Å². The second-order valence-corrected chi connectivity index (χ2v) is 15.8. The highest BCUT2D eigenvalue weighted by Crippen LogP contribution is 2.38. The Kier molecular flexibility index (Phi) is 12.9. The quantitative estimate of drug-likeness (QED) is 0.149. The van der Waals surface area contributed by atoms with Crippen molar-refractivity contribution in [2.45, 2.75) is 58.7 Å². The molecule has 234 valence electrons. The Bertz CT molecular complexity index is 1630. The van der Waals surface area contributed by atoms with Crippen LogP contribution in [0.1, 0.15) is 64.7 Å². The molecule has 10 nitrogen and oxygen atoms in total. The molecule has 17 heteroatoms. The molecule has 1 unspecified atom stereocenters. The van der Waals surface area contributed by atoms with Crippen molar-refractivity contribution in [2.24, 2.45) is 25.9 Å². The monoisotopic (exact) mass is 1090 g/mol. The van der Waals surface area contributed by atoms with Crippen LogP contribution in [0.5, 0.6) is 0 Å². The summed E-state index contributed by atoms with van der Waals surface area (Å²) < 4.78 is 11.6. The van der Waals surface area contributed by atoms with E-state index < -0.39 is 6.10 Å². The van der Waals surface area contributed by atoms with Gasteiger partial charge in [-0.25, -0.2) is 0 Å². The van der Waals surface area contributed by atoms with Crippen LogP contribution in [-0.2, 0) is 27.2 Å². The lowest BCUT2D eigenvalue weighted by Crippen LogP contribution is -2.05. The van der Waals surface area contributed by atoms with Gasteiger partial charge in [-0.2, -0.15) is 20.4 Å². The fraction of sp³-hybridized carbons (Fsp3) is 0.500. The molecule has 43 heavy (non-hydrogen) atoms. The second kappa shape index (κ2) is 15.4. The highest BCUT2D eigenvalue weighted by atomic mass is 127. The zero-order valence-electron chi connectivity index (χ0n) is 23.6. The number of aryl methyl sites for hydroxylation is 4. The molecule has 4 heterocycles. The van der Waals surface area contributed by atoms with Crippen molar-refractivity contribution in [2.75, 3.05) is 0 Å². The van der Waals surface area contributed by atoms with E-state index in [1.165, 1.54) is 33.9 Å². The van der Waals surface area contributed by atoms with Crippen LogP contribution in [0.25, 0.3) is 0 Å². The number of hydrogen-bond donors (Lipinski definition) is 1. The number of carbonyl (C=O) groups is 1. The van der Waals surface area contributed by atoms with Gasteiger partial charge >= 0.3 is 0 Å². The fourth-order valence-electron chi connectivity index (χ4n) is 4.19. The second-order valence-electron chi connectivity index (χ2n) is 10.5. The number of aliphatic hydroxyl groups excluding tert-OH is 1. The Hall–Kier alpha value is 0.200. The zero-order valence-corrected chi connectivity index (χ0v) is 34.8. The summed E-state index contributed by atoms with van der Waals surface area (Å²) in [5.74, 6) is 1.60. The predicted molar refractivity (Wildman–Crippen MR) is 199 cm³/mol. The lowest BCUT2D eigenvalue weighted by Gasteiger charge is -2.11. The molecule has 2 aliphatic carbocycles.